The van der Waals surface area contributed by atoms with Crippen molar-refractivity contribution in [3.8, 4) is 0 Å². The monoisotopic (exact) mass is 292 g/mol. The van der Waals surface area contributed by atoms with Crippen molar-refractivity contribution in [3.05, 3.63) is 69.2 Å². The Labute approximate surface area is 120 Å². The Hall–Kier alpha value is -1.51. The molecule has 1 aliphatic heterocycles. The number of cyclic esters (lactones) is 1. The second-order valence-corrected chi connectivity index (χ2v) is 5.25. The normalized spacial score (nSPS) is 17.2. The molecular weight excluding hydrogens is 283 g/mol. The molecule has 0 aliphatic carbocycles. The van der Waals surface area contributed by atoms with Crippen LogP contribution in [-0.2, 0) is 11.2 Å². The first-order chi connectivity index (χ1) is 9.15. The fourth-order valence-corrected chi connectivity index (χ4v) is 2.58. The number of hydrogen-bond acceptors (Lipinski definition) is 2. The van der Waals surface area contributed by atoms with Gasteiger partial charge in [0.1, 0.15) is 6.10 Å². The molecule has 96 valence electrons. The molecule has 0 saturated heterocycles. The Kier molecular flexibility index (Phi) is 3.21. The SMILES string of the molecule is O=C1O[C@@H](Cc2ccccc2)c2cc(Cl)c(Cl)cc21. The highest BCUT2D eigenvalue weighted by molar-refractivity contribution is 6.42. The lowest BCUT2D eigenvalue weighted by Gasteiger charge is -2.11. The first-order valence-corrected chi connectivity index (χ1v) is 6.64. The van der Waals surface area contributed by atoms with Gasteiger partial charge in [-0.15, -0.1) is 0 Å². The highest BCUT2D eigenvalue weighted by Crippen LogP contribution is 2.37. The Morgan fingerprint density at radius 3 is 2.47 bits per heavy atom. The van der Waals surface area contributed by atoms with Crippen LogP contribution < -0.4 is 0 Å². The summed E-state index contributed by atoms with van der Waals surface area (Å²) in [4.78, 5) is 11.8. The molecule has 3 rings (SSSR count). The van der Waals surface area contributed by atoms with E-state index in [1.807, 2.05) is 30.3 Å². The third kappa shape index (κ3) is 2.34. The molecule has 0 fully saturated rings. The van der Waals surface area contributed by atoms with Gasteiger partial charge in [-0.3, -0.25) is 0 Å². The quantitative estimate of drug-likeness (QED) is 0.765. The predicted octanol–water partition coefficient (Wildman–Crippen LogP) is 4.45. The van der Waals surface area contributed by atoms with Gasteiger partial charge in [0.25, 0.3) is 0 Å². The molecule has 2 nitrogen and oxygen atoms in total. The molecule has 19 heavy (non-hydrogen) atoms. The van der Waals surface area contributed by atoms with Crippen molar-refractivity contribution in [2.75, 3.05) is 0 Å². The Morgan fingerprint density at radius 1 is 1.05 bits per heavy atom. The summed E-state index contributed by atoms with van der Waals surface area (Å²) in [6, 6.07) is 13.2. The van der Waals surface area contributed by atoms with E-state index in [0.717, 1.165) is 11.1 Å². The van der Waals surface area contributed by atoms with E-state index in [9.17, 15) is 4.79 Å². The Balaban J connectivity index is 1.96. The summed E-state index contributed by atoms with van der Waals surface area (Å²) < 4.78 is 5.39. The van der Waals surface area contributed by atoms with Gasteiger partial charge < -0.3 is 4.74 Å². The molecule has 0 unspecified atom stereocenters. The lowest BCUT2D eigenvalue weighted by atomic mass is 9.99. The van der Waals surface area contributed by atoms with Crippen molar-refractivity contribution >= 4 is 29.2 Å². The molecule has 0 radical (unpaired) electrons. The summed E-state index contributed by atoms with van der Waals surface area (Å²) >= 11 is 11.9. The van der Waals surface area contributed by atoms with Crippen molar-refractivity contribution in [1.29, 1.82) is 0 Å². The van der Waals surface area contributed by atoms with Gasteiger partial charge in [-0.25, -0.2) is 4.79 Å². The highest BCUT2D eigenvalue weighted by atomic mass is 35.5. The molecule has 0 aromatic heterocycles. The maximum Gasteiger partial charge on any atom is 0.339 e. The second-order valence-electron chi connectivity index (χ2n) is 4.44. The standard InChI is InChI=1S/C15H10Cl2O2/c16-12-7-10-11(8-13(12)17)15(18)19-14(10)6-9-4-2-1-3-5-9/h1-5,7-8,14H,6H2/t14-/m0/s1. The summed E-state index contributed by atoms with van der Waals surface area (Å²) in [5, 5.41) is 0.814. The zero-order chi connectivity index (χ0) is 13.4. The van der Waals surface area contributed by atoms with Crippen LogP contribution in [0.15, 0.2) is 42.5 Å². The summed E-state index contributed by atoms with van der Waals surface area (Å²) in [5.74, 6) is -0.338. The fourth-order valence-electron chi connectivity index (χ4n) is 2.24. The maximum absolute atomic E-state index is 11.8. The van der Waals surface area contributed by atoms with E-state index in [1.165, 1.54) is 0 Å². The van der Waals surface area contributed by atoms with E-state index in [4.69, 9.17) is 27.9 Å². The minimum atomic E-state index is -0.338. The topological polar surface area (TPSA) is 26.3 Å². The summed E-state index contributed by atoms with van der Waals surface area (Å²) in [6.45, 7) is 0. The van der Waals surface area contributed by atoms with Gasteiger partial charge in [0.2, 0.25) is 0 Å². The van der Waals surface area contributed by atoms with Crippen LogP contribution >= 0.6 is 23.2 Å². The van der Waals surface area contributed by atoms with Gasteiger partial charge in [-0.05, 0) is 17.7 Å². The van der Waals surface area contributed by atoms with E-state index < -0.39 is 0 Å². The average Bonchev–Trinajstić information content (AvgIpc) is 2.68. The molecule has 0 spiro atoms. The number of carbonyl (C=O) groups is 1. The smallest absolute Gasteiger partial charge is 0.339 e. The lowest BCUT2D eigenvalue weighted by Crippen LogP contribution is -2.02. The minimum Gasteiger partial charge on any atom is -0.454 e. The maximum atomic E-state index is 11.8. The second kappa shape index (κ2) is 4.87. The zero-order valence-electron chi connectivity index (χ0n) is 9.90. The molecule has 0 amide bonds. The van der Waals surface area contributed by atoms with Crippen LogP contribution in [-0.4, -0.2) is 5.97 Å². The van der Waals surface area contributed by atoms with Crippen LogP contribution in [0.3, 0.4) is 0 Å². The third-order valence-corrected chi connectivity index (χ3v) is 3.89. The van der Waals surface area contributed by atoms with E-state index in [2.05, 4.69) is 0 Å². The third-order valence-electron chi connectivity index (χ3n) is 3.17. The van der Waals surface area contributed by atoms with Gasteiger partial charge in [0.15, 0.2) is 0 Å². The van der Waals surface area contributed by atoms with Crippen molar-refractivity contribution < 1.29 is 9.53 Å². The van der Waals surface area contributed by atoms with E-state index in [-0.39, 0.29) is 12.1 Å². The number of rotatable bonds is 2. The molecule has 0 bridgehead atoms. The first-order valence-electron chi connectivity index (χ1n) is 5.89. The lowest BCUT2D eigenvalue weighted by molar-refractivity contribution is 0.0387. The molecule has 4 heteroatoms. The Bertz CT molecular complexity index is 638. The number of ether oxygens (including phenoxy) is 1. The van der Waals surface area contributed by atoms with E-state index in [0.29, 0.717) is 22.0 Å². The molecule has 0 N–H and O–H groups in total. The van der Waals surface area contributed by atoms with Gasteiger partial charge in [0.05, 0.1) is 15.6 Å². The first kappa shape index (κ1) is 12.5. The number of esters is 1. The van der Waals surface area contributed by atoms with Gasteiger partial charge in [-0.1, -0.05) is 53.5 Å². The summed E-state index contributed by atoms with van der Waals surface area (Å²) in [7, 11) is 0. The molecule has 1 aliphatic rings. The van der Waals surface area contributed by atoms with Crippen LogP contribution in [0.1, 0.15) is 27.6 Å². The summed E-state index contributed by atoms with van der Waals surface area (Å²) in [5.41, 5.74) is 2.43. The molecule has 1 atom stereocenters. The molecule has 2 aromatic rings. The molecule has 1 heterocycles. The number of fused-ring (bicyclic) bond motifs is 1. The predicted molar refractivity (Wildman–Crippen MR) is 74.8 cm³/mol. The Morgan fingerprint density at radius 2 is 1.74 bits per heavy atom. The van der Waals surface area contributed by atoms with Gasteiger partial charge in [-0.2, -0.15) is 0 Å². The summed E-state index contributed by atoms with van der Waals surface area (Å²) in [6.07, 6.45) is 0.344. The number of benzene rings is 2. The van der Waals surface area contributed by atoms with Crippen LogP contribution in [0, 0.1) is 0 Å². The number of hydrogen-bond donors (Lipinski definition) is 0. The molecule has 0 saturated carbocycles. The van der Waals surface area contributed by atoms with Crippen molar-refractivity contribution in [1.82, 2.24) is 0 Å². The average molecular weight is 293 g/mol. The van der Waals surface area contributed by atoms with Crippen LogP contribution in [0.5, 0.6) is 0 Å². The van der Waals surface area contributed by atoms with E-state index in [1.54, 1.807) is 12.1 Å². The van der Waals surface area contributed by atoms with Crippen LogP contribution in [0.4, 0.5) is 0 Å². The van der Waals surface area contributed by atoms with Crippen molar-refractivity contribution in [2.24, 2.45) is 0 Å². The zero-order valence-corrected chi connectivity index (χ0v) is 11.4. The highest BCUT2D eigenvalue weighted by Gasteiger charge is 2.32. The largest absolute Gasteiger partial charge is 0.454 e. The van der Waals surface area contributed by atoms with Crippen molar-refractivity contribution in [2.45, 2.75) is 12.5 Å². The van der Waals surface area contributed by atoms with Gasteiger partial charge >= 0.3 is 5.97 Å². The number of carbonyl (C=O) groups excluding carboxylic acids is 1. The van der Waals surface area contributed by atoms with Crippen LogP contribution in [0.2, 0.25) is 10.0 Å². The molecule has 2 aromatic carbocycles. The van der Waals surface area contributed by atoms with Gasteiger partial charge in [0, 0.05) is 12.0 Å². The minimum absolute atomic E-state index is 0.292. The van der Waals surface area contributed by atoms with Crippen molar-refractivity contribution in [3.63, 3.8) is 0 Å². The molecular formula is C15H10Cl2O2. The number of halogens is 2. The fraction of sp³-hybridized carbons (Fsp3) is 0.133. The van der Waals surface area contributed by atoms with E-state index >= 15 is 0 Å². The van der Waals surface area contributed by atoms with Crippen LogP contribution in [0.25, 0.3) is 0 Å².